The first kappa shape index (κ1) is 12.2. The summed E-state index contributed by atoms with van der Waals surface area (Å²) in [5.74, 6) is 0.701. The van der Waals surface area contributed by atoms with Crippen molar-refractivity contribution in [2.75, 3.05) is 0 Å². The predicted octanol–water partition coefficient (Wildman–Crippen LogP) is 4.57. The Morgan fingerprint density at radius 2 is 1.89 bits per heavy atom. The van der Waals surface area contributed by atoms with E-state index in [1.165, 1.54) is 11.1 Å². The smallest absolute Gasteiger partial charge is 0.189 e. The van der Waals surface area contributed by atoms with Gasteiger partial charge in [-0.15, -0.1) is 0 Å². The predicted molar refractivity (Wildman–Crippen MR) is 79.0 cm³/mol. The van der Waals surface area contributed by atoms with Gasteiger partial charge in [0, 0.05) is 11.1 Å². The van der Waals surface area contributed by atoms with E-state index < -0.39 is 0 Å². The van der Waals surface area contributed by atoms with Crippen molar-refractivity contribution in [3.8, 4) is 0 Å². The number of fused-ring (bicyclic) bond motifs is 1. The van der Waals surface area contributed by atoms with Gasteiger partial charge in [-0.3, -0.25) is 4.79 Å². The van der Waals surface area contributed by atoms with Gasteiger partial charge in [0.25, 0.3) is 0 Å². The van der Waals surface area contributed by atoms with Gasteiger partial charge in [-0.05, 0) is 48.8 Å². The third-order valence-corrected chi connectivity index (χ3v) is 4.39. The molecule has 0 aromatic heterocycles. The first-order valence-electron chi connectivity index (χ1n) is 6.80. The highest BCUT2D eigenvalue weighted by Crippen LogP contribution is 2.44. The second-order valence-electron chi connectivity index (χ2n) is 5.60. The van der Waals surface area contributed by atoms with E-state index in [0.29, 0.717) is 5.92 Å². The maximum absolute atomic E-state index is 12.6. The average molecular weight is 250 g/mol. The maximum Gasteiger partial charge on any atom is 0.189 e. The van der Waals surface area contributed by atoms with Crippen LogP contribution in [0.4, 0.5) is 0 Å². The van der Waals surface area contributed by atoms with Gasteiger partial charge >= 0.3 is 0 Å². The number of ketones is 1. The SMILES string of the molecule is C=C1C2=C(CCC(C(=C)C)C2)C(=O)c2ccccc21. The van der Waals surface area contributed by atoms with Crippen LogP contribution < -0.4 is 0 Å². The van der Waals surface area contributed by atoms with Crippen LogP contribution in [0.1, 0.15) is 42.1 Å². The summed E-state index contributed by atoms with van der Waals surface area (Å²) in [5, 5.41) is 0. The van der Waals surface area contributed by atoms with E-state index in [0.717, 1.165) is 41.5 Å². The lowest BCUT2D eigenvalue weighted by atomic mass is 9.71. The summed E-state index contributed by atoms with van der Waals surface area (Å²) in [5.41, 5.74) is 6.24. The molecule has 1 heteroatoms. The van der Waals surface area contributed by atoms with Crippen molar-refractivity contribution in [3.63, 3.8) is 0 Å². The lowest BCUT2D eigenvalue weighted by molar-refractivity contribution is 0.102. The van der Waals surface area contributed by atoms with Crippen molar-refractivity contribution in [2.45, 2.75) is 26.2 Å². The summed E-state index contributed by atoms with van der Waals surface area (Å²) in [4.78, 5) is 12.6. The van der Waals surface area contributed by atoms with E-state index in [-0.39, 0.29) is 5.78 Å². The summed E-state index contributed by atoms with van der Waals surface area (Å²) >= 11 is 0. The quantitative estimate of drug-likeness (QED) is 0.667. The molecule has 3 rings (SSSR count). The molecule has 0 aliphatic heterocycles. The van der Waals surface area contributed by atoms with E-state index in [4.69, 9.17) is 0 Å². The standard InChI is InChI=1S/C18H18O/c1-11(2)13-8-9-16-17(10-13)12(3)14-6-4-5-7-15(14)18(16)19/h4-7,13H,1,3,8-10H2,2H3. The molecule has 96 valence electrons. The molecule has 0 spiro atoms. The highest BCUT2D eigenvalue weighted by molar-refractivity contribution is 6.17. The van der Waals surface area contributed by atoms with Gasteiger partial charge in [0.1, 0.15) is 0 Å². The fourth-order valence-electron chi connectivity index (χ4n) is 3.19. The molecule has 2 aliphatic rings. The molecule has 2 aliphatic carbocycles. The minimum absolute atomic E-state index is 0.207. The Kier molecular flexibility index (Phi) is 2.78. The van der Waals surface area contributed by atoms with Crippen molar-refractivity contribution in [3.05, 3.63) is 65.3 Å². The van der Waals surface area contributed by atoms with Crippen molar-refractivity contribution in [2.24, 2.45) is 5.92 Å². The van der Waals surface area contributed by atoms with Crippen LogP contribution in [-0.2, 0) is 0 Å². The second kappa shape index (κ2) is 4.34. The number of carbonyl (C=O) groups excluding carboxylic acids is 1. The molecule has 0 fully saturated rings. The van der Waals surface area contributed by atoms with Crippen LogP contribution in [0.3, 0.4) is 0 Å². The number of Topliss-reactive ketones (excluding diaryl/α,β-unsaturated/α-hetero) is 1. The number of allylic oxidation sites excluding steroid dienone is 4. The van der Waals surface area contributed by atoms with E-state index in [2.05, 4.69) is 20.1 Å². The maximum atomic E-state index is 12.6. The Balaban J connectivity index is 2.08. The zero-order valence-corrected chi connectivity index (χ0v) is 11.3. The molecule has 0 saturated carbocycles. The number of hydrogen-bond acceptors (Lipinski definition) is 1. The zero-order valence-electron chi connectivity index (χ0n) is 11.3. The number of carbonyl (C=O) groups is 1. The summed E-state index contributed by atoms with van der Waals surface area (Å²) in [7, 11) is 0. The third-order valence-electron chi connectivity index (χ3n) is 4.39. The molecule has 1 atom stereocenters. The average Bonchev–Trinajstić information content (AvgIpc) is 2.44. The largest absolute Gasteiger partial charge is 0.289 e. The summed E-state index contributed by atoms with van der Waals surface area (Å²) in [6.45, 7) is 10.4. The second-order valence-corrected chi connectivity index (χ2v) is 5.60. The first-order valence-corrected chi connectivity index (χ1v) is 6.80. The van der Waals surface area contributed by atoms with Gasteiger partial charge in [0.05, 0.1) is 0 Å². The third kappa shape index (κ3) is 1.81. The lowest BCUT2D eigenvalue weighted by Gasteiger charge is -2.32. The van der Waals surface area contributed by atoms with Crippen molar-refractivity contribution in [1.82, 2.24) is 0 Å². The van der Waals surface area contributed by atoms with Crippen molar-refractivity contribution >= 4 is 11.4 Å². The molecule has 1 aromatic carbocycles. The normalized spacial score (nSPS) is 22.1. The fraction of sp³-hybridized carbons (Fsp3) is 0.278. The molecule has 0 heterocycles. The molecular formula is C18H18O. The van der Waals surface area contributed by atoms with Crippen LogP contribution in [0.25, 0.3) is 5.57 Å². The van der Waals surface area contributed by atoms with E-state index in [9.17, 15) is 4.79 Å². The van der Waals surface area contributed by atoms with Crippen LogP contribution in [0.5, 0.6) is 0 Å². The van der Waals surface area contributed by atoms with Crippen LogP contribution in [-0.4, -0.2) is 5.78 Å². The van der Waals surface area contributed by atoms with E-state index in [1.807, 2.05) is 24.3 Å². The molecule has 1 nitrogen and oxygen atoms in total. The van der Waals surface area contributed by atoms with Gasteiger partial charge in [0.15, 0.2) is 5.78 Å². The van der Waals surface area contributed by atoms with Gasteiger partial charge in [0.2, 0.25) is 0 Å². The molecule has 19 heavy (non-hydrogen) atoms. The first-order chi connectivity index (χ1) is 9.09. The fourth-order valence-corrected chi connectivity index (χ4v) is 3.19. The van der Waals surface area contributed by atoms with Gasteiger partial charge < -0.3 is 0 Å². The Morgan fingerprint density at radius 3 is 2.58 bits per heavy atom. The number of hydrogen-bond donors (Lipinski definition) is 0. The van der Waals surface area contributed by atoms with E-state index >= 15 is 0 Å². The molecule has 0 saturated heterocycles. The van der Waals surface area contributed by atoms with Crippen LogP contribution >= 0.6 is 0 Å². The van der Waals surface area contributed by atoms with Crippen molar-refractivity contribution in [1.29, 1.82) is 0 Å². The lowest BCUT2D eigenvalue weighted by Crippen LogP contribution is -2.22. The minimum atomic E-state index is 0.207. The van der Waals surface area contributed by atoms with Crippen LogP contribution in [0, 0.1) is 5.92 Å². The Morgan fingerprint density at radius 1 is 1.21 bits per heavy atom. The molecule has 0 N–H and O–H groups in total. The summed E-state index contributed by atoms with van der Waals surface area (Å²) < 4.78 is 0. The van der Waals surface area contributed by atoms with E-state index in [1.54, 1.807) is 0 Å². The monoisotopic (exact) mass is 250 g/mol. The number of benzene rings is 1. The molecule has 0 bridgehead atoms. The minimum Gasteiger partial charge on any atom is -0.289 e. The molecular weight excluding hydrogens is 232 g/mol. The Bertz CT molecular complexity index is 631. The van der Waals surface area contributed by atoms with Crippen LogP contribution in [0.15, 0.2) is 54.1 Å². The molecule has 0 amide bonds. The molecule has 0 radical (unpaired) electrons. The highest BCUT2D eigenvalue weighted by Gasteiger charge is 2.32. The molecule has 1 unspecified atom stereocenters. The number of rotatable bonds is 1. The van der Waals surface area contributed by atoms with Gasteiger partial charge in [-0.1, -0.05) is 43.0 Å². The summed E-state index contributed by atoms with van der Waals surface area (Å²) in [6.07, 6.45) is 2.82. The van der Waals surface area contributed by atoms with Crippen molar-refractivity contribution < 1.29 is 4.79 Å². The van der Waals surface area contributed by atoms with Gasteiger partial charge in [-0.2, -0.15) is 0 Å². The Labute approximate surface area is 114 Å². The molecule has 1 aromatic rings. The zero-order chi connectivity index (χ0) is 13.6. The summed E-state index contributed by atoms with van der Waals surface area (Å²) in [6, 6.07) is 7.82. The highest BCUT2D eigenvalue weighted by atomic mass is 16.1. The van der Waals surface area contributed by atoms with Crippen LogP contribution in [0.2, 0.25) is 0 Å². The van der Waals surface area contributed by atoms with Gasteiger partial charge in [-0.25, -0.2) is 0 Å². The topological polar surface area (TPSA) is 17.1 Å². The Hall–Kier alpha value is -1.89.